The van der Waals surface area contributed by atoms with Crippen LogP contribution in [0.4, 0.5) is 0 Å². The summed E-state index contributed by atoms with van der Waals surface area (Å²) in [6.07, 6.45) is 3.37. The van der Waals surface area contributed by atoms with Crippen molar-refractivity contribution in [2.75, 3.05) is 13.7 Å². The number of methoxy groups -OCH3 is 1. The molecule has 0 unspecified atom stereocenters. The van der Waals surface area contributed by atoms with Crippen LogP contribution in [-0.4, -0.2) is 31.6 Å². The van der Waals surface area contributed by atoms with E-state index < -0.39 is 0 Å². The lowest BCUT2D eigenvalue weighted by molar-refractivity contribution is -0.150. The zero-order chi connectivity index (χ0) is 21.3. The summed E-state index contributed by atoms with van der Waals surface area (Å²) in [5.41, 5.74) is 1.34. The van der Waals surface area contributed by atoms with Gasteiger partial charge in [0.2, 0.25) is 0 Å². The zero-order valence-electron chi connectivity index (χ0n) is 17.6. The smallest absolute Gasteiger partial charge is 0.311 e. The summed E-state index contributed by atoms with van der Waals surface area (Å²) in [6.45, 7) is 2.46. The Labute approximate surface area is 177 Å². The van der Waals surface area contributed by atoms with Crippen LogP contribution in [0.15, 0.2) is 48.5 Å². The number of nitrogens with one attached hydrogen (secondary N) is 1. The van der Waals surface area contributed by atoms with Crippen molar-refractivity contribution >= 4 is 11.9 Å². The topological polar surface area (TPSA) is 73.9 Å². The van der Waals surface area contributed by atoms with E-state index in [2.05, 4.69) is 5.32 Å². The highest BCUT2D eigenvalue weighted by atomic mass is 16.5. The highest BCUT2D eigenvalue weighted by Crippen LogP contribution is 2.31. The zero-order valence-corrected chi connectivity index (χ0v) is 17.6. The first-order valence-electron chi connectivity index (χ1n) is 10.4. The Hall–Kier alpha value is -3.02. The van der Waals surface area contributed by atoms with E-state index in [1.807, 2.05) is 30.3 Å². The fraction of sp³-hybridized carbons (Fsp3) is 0.417. The molecule has 0 aromatic heterocycles. The number of carbonyl (C=O) groups excluding carboxylic acids is 2. The summed E-state index contributed by atoms with van der Waals surface area (Å²) in [6, 6.07) is 14.8. The molecular weight excluding hydrogens is 382 g/mol. The first kappa shape index (κ1) is 21.7. The molecule has 1 aliphatic rings. The van der Waals surface area contributed by atoms with Gasteiger partial charge in [0.15, 0.2) is 0 Å². The van der Waals surface area contributed by atoms with Gasteiger partial charge in [0.1, 0.15) is 23.7 Å². The van der Waals surface area contributed by atoms with Gasteiger partial charge in [0.05, 0.1) is 19.6 Å². The lowest BCUT2D eigenvalue weighted by Gasteiger charge is -2.30. The number of carbonyl (C=O) groups is 2. The minimum atomic E-state index is -0.328. The third kappa shape index (κ3) is 5.32. The molecule has 2 aromatic rings. The van der Waals surface area contributed by atoms with Gasteiger partial charge in [-0.3, -0.25) is 9.59 Å². The molecular formula is C24H29NO5. The number of amides is 1. The second-order valence-corrected chi connectivity index (χ2v) is 7.33. The third-order valence-electron chi connectivity index (χ3n) is 5.34. The number of esters is 1. The largest absolute Gasteiger partial charge is 0.496 e. The molecule has 0 spiro atoms. The van der Waals surface area contributed by atoms with E-state index in [0.29, 0.717) is 36.7 Å². The van der Waals surface area contributed by atoms with Crippen molar-refractivity contribution in [3.05, 3.63) is 59.7 Å². The molecule has 2 aromatic carbocycles. The maximum Gasteiger partial charge on any atom is 0.311 e. The number of hydrogen-bond donors (Lipinski definition) is 1. The molecule has 6 nitrogen and oxygen atoms in total. The Morgan fingerprint density at radius 1 is 1.00 bits per heavy atom. The minimum absolute atomic E-state index is 0.247. The van der Waals surface area contributed by atoms with Gasteiger partial charge in [0.25, 0.3) is 5.91 Å². The van der Waals surface area contributed by atoms with Gasteiger partial charge < -0.3 is 19.5 Å². The SMILES string of the molecule is CCOC(=O)[C@@H]1CCCC[C@@H]1NC(=O)c1c(OC)cccc1OCc1ccccc1. The summed E-state index contributed by atoms with van der Waals surface area (Å²) in [5, 5.41) is 3.04. The second-order valence-electron chi connectivity index (χ2n) is 7.33. The average Bonchev–Trinajstić information content (AvgIpc) is 2.78. The predicted molar refractivity (Wildman–Crippen MR) is 114 cm³/mol. The highest BCUT2D eigenvalue weighted by Gasteiger charge is 2.34. The van der Waals surface area contributed by atoms with E-state index in [1.54, 1.807) is 25.1 Å². The van der Waals surface area contributed by atoms with E-state index in [1.165, 1.54) is 7.11 Å². The summed E-state index contributed by atoms with van der Waals surface area (Å²) in [7, 11) is 1.52. The van der Waals surface area contributed by atoms with Crippen LogP contribution in [0.2, 0.25) is 0 Å². The van der Waals surface area contributed by atoms with Crippen LogP contribution < -0.4 is 14.8 Å². The van der Waals surface area contributed by atoms with Crippen LogP contribution in [0, 0.1) is 5.92 Å². The number of ether oxygens (including phenoxy) is 3. The van der Waals surface area contributed by atoms with E-state index >= 15 is 0 Å². The van der Waals surface area contributed by atoms with Crippen LogP contribution in [0.5, 0.6) is 11.5 Å². The maximum absolute atomic E-state index is 13.2. The van der Waals surface area contributed by atoms with Crippen LogP contribution in [-0.2, 0) is 16.1 Å². The van der Waals surface area contributed by atoms with Crippen LogP contribution in [0.25, 0.3) is 0 Å². The van der Waals surface area contributed by atoms with E-state index in [-0.39, 0.29) is 23.8 Å². The van der Waals surface area contributed by atoms with Crippen LogP contribution in [0.1, 0.15) is 48.5 Å². The van der Waals surface area contributed by atoms with Crippen molar-refractivity contribution in [1.29, 1.82) is 0 Å². The quantitative estimate of drug-likeness (QED) is 0.662. The molecule has 1 amide bonds. The van der Waals surface area contributed by atoms with Crippen LogP contribution in [0.3, 0.4) is 0 Å². The fourth-order valence-corrected chi connectivity index (χ4v) is 3.84. The molecule has 160 valence electrons. The Morgan fingerprint density at radius 3 is 2.47 bits per heavy atom. The lowest BCUT2D eigenvalue weighted by Crippen LogP contribution is -2.45. The summed E-state index contributed by atoms with van der Waals surface area (Å²) < 4.78 is 16.6. The van der Waals surface area contributed by atoms with Crippen molar-refractivity contribution in [3.63, 3.8) is 0 Å². The lowest BCUT2D eigenvalue weighted by atomic mass is 9.84. The average molecular weight is 411 g/mol. The van der Waals surface area contributed by atoms with Gasteiger partial charge in [-0.15, -0.1) is 0 Å². The summed E-state index contributed by atoms with van der Waals surface area (Å²) in [5.74, 6) is -0.00779. The van der Waals surface area contributed by atoms with Crippen LogP contribution >= 0.6 is 0 Å². The normalized spacial score (nSPS) is 18.3. The third-order valence-corrected chi connectivity index (χ3v) is 5.34. The molecule has 0 saturated heterocycles. The van der Waals surface area contributed by atoms with Gasteiger partial charge in [-0.25, -0.2) is 0 Å². The molecule has 0 bridgehead atoms. The molecule has 0 aliphatic heterocycles. The Balaban J connectivity index is 1.79. The first-order valence-corrected chi connectivity index (χ1v) is 10.4. The van der Waals surface area contributed by atoms with Gasteiger partial charge in [-0.1, -0.05) is 49.2 Å². The molecule has 1 N–H and O–H groups in total. The van der Waals surface area contributed by atoms with Gasteiger partial charge >= 0.3 is 5.97 Å². The molecule has 0 radical (unpaired) electrons. The molecule has 2 atom stereocenters. The first-order chi connectivity index (χ1) is 14.6. The van der Waals surface area contributed by atoms with Gasteiger partial charge in [-0.2, -0.15) is 0 Å². The van der Waals surface area contributed by atoms with E-state index in [4.69, 9.17) is 14.2 Å². The molecule has 0 heterocycles. The molecule has 1 aliphatic carbocycles. The summed E-state index contributed by atoms with van der Waals surface area (Å²) >= 11 is 0. The van der Waals surface area contributed by atoms with Crippen molar-refractivity contribution < 1.29 is 23.8 Å². The number of hydrogen-bond acceptors (Lipinski definition) is 5. The van der Waals surface area contributed by atoms with E-state index in [9.17, 15) is 9.59 Å². The maximum atomic E-state index is 13.2. The Kier molecular flexibility index (Phi) is 7.71. The molecule has 30 heavy (non-hydrogen) atoms. The number of rotatable bonds is 8. The second kappa shape index (κ2) is 10.7. The monoisotopic (exact) mass is 411 g/mol. The van der Waals surface area contributed by atoms with Gasteiger partial charge in [0, 0.05) is 6.04 Å². The highest BCUT2D eigenvalue weighted by molar-refractivity contribution is 6.00. The predicted octanol–water partition coefficient (Wildman–Crippen LogP) is 4.13. The molecule has 1 fully saturated rings. The Bertz CT molecular complexity index is 852. The standard InChI is InChI=1S/C24H29NO5/c1-3-29-24(27)18-12-7-8-13-19(18)25-23(26)22-20(28-2)14-9-15-21(22)30-16-17-10-5-4-6-11-17/h4-6,9-11,14-15,18-19H,3,7-8,12-13,16H2,1-2H3,(H,25,26)/t18-,19+/m1/s1. The van der Waals surface area contributed by atoms with Crippen molar-refractivity contribution in [2.45, 2.75) is 45.3 Å². The fourth-order valence-electron chi connectivity index (χ4n) is 3.84. The van der Waals surface area contributed by atoms with E-state index in [0.717, 1.165) is 24.8 Å². The van der Waals surface area contributed by atoms with Gasteiger partial charge in [-0.05, 0) is 37.5 Å². The minimum Gasteiger partial charge on any atom is -0.496 e. The van der Waals surface area contributed by atoms with Crippen molar-refractivity contribution in [2.24, 2.45) is 5.92 Å². The molecule has 3 rings (SSSR count). The Morgan fingerprint density at radius 2 is 1.73 bits per heavy atom. The van der Waals surface area contributed by atoms with Crippen molar-refractivity contribution in [1.82, 2.24) is 5.32 Å². The van der Waals surface area contributed by atoms with Crippen molar-refractivity contribution in [3.8, 4) is 11.5 Å². The number of benzene rings is 2. The summed E-state index contributed by atoms with van der Waals surface area (Å²) in [4.78, 5) is 25.6. The molecule has 1 saturated carbocycles. The molecule has 6 heteroatoms.